The average molecular weight is 462 g/mol. The lowest BCUT2D eigenvalue weighted by Crippen LogP contribution is -2.48. The standard InChI is InChI=1S/C22H27N3O6S/c1-14(2)21(25-32(28,29)18-9-6-15(3)7-10-18)22(27)24-23-13-17-8-11-19(31-16(4)26)20(12-17)30-5/h6-14,21,25H,1-5H3,(H,24,27)/b23-13-/t21-/m1/s1. The monoisotopic (exact) mass is 461 g/mol. The van der Waals surface area contributed by atoms with Gasteiger partial charge in [0.1, 0.15) is 6.04 Å². The van der Waals surface area contributed by atoms with Crippen molar-refractivity contribution in [2.75, 3.05) is 7.11 Å². The van der Waals surface area contributed by atoms with Crippen LogP contribution >= 0.6 is 0 Å². The lowest BCUT2D eigenvalue weighted by Gasteiger charge is -2.20. The molecule has 0 unspecified atom stereocenters. The van der Waals surface area contributed by atoms with Crippen LogP contribution in [0.3, 0.4) is 0 Å². The Balaban J connectivity index is 2.11. The highest BCUT2D eigenvalue weighted by Gasteiger charge is 2.28. The third kappa shape index (κ3) is 6.89. The molecule has 0 bridgehead atoms. The van der Waals surface area contributed by atoms with E-state index in [-0.39, 0.29) is 16.6 Å². The van der Waals surface area contributed by atoms with Crippen LogP contribution in [-0.2, 0) is 19.6 Å². The van der Waals surface area contributed by atoms with E-state index in [0.29, 0.717) is 11.3 Å². The Morgan fingerprint density at radius 3 is 2.28 bits per heavy atom. The summed E-state index contributed by atoms with van der Waals surface area (Å²) in [6.45, 7) is 6.59. The van der Waals surface area contributed by atoms with E-state index in [1.54, 1.807) is 38.1 Å². The molecule has 0 aliphatic rings. The number of benzene rings is 2. The van der Waals surface area contributed by atoms with E-state index in [4.69, 9.17) is 9.47 Å². The van der Waals surface area contributed by atoms with Crippen LogP contribution in [0.15, 0.2) is 52.5 Å². The molecule has 0 radical (unpaired) electrons. The van der Waals surface area contributed by atoms with Crippen LogP contribution in [0.1, 0.15) is 31.9 Å². The number of nitrogens with zero attached hydrogens (tertiary/aromatic N) is 1. The zero-order chi connectivity index (χ0) is 23.9. The van der Waals surface area contributed by atoms with Gasteiger partial charge < -0.3 is 9.47 Å². The molecule has 0 fully saturated rings. The molecule has 0 aromatic heterocycles. The van der Waals surface area contributed by atoms with Crippen LogP contribution in [0.5, 0.6) is 11.5 Å². The predicted octanol–water partition coefficient (Wildman–Crippen LogP) is 2.38. The van der Waals surface area contributed by atoms with Gasteiger partial charge in [0.15, 0.2) is 11.5 Å². The Hall–Kier alpha value is -3.24. The van der Waals surface area contributed by atoms with Crippen LogP contribution in [0, 0.1) is 12.8 Å². The van der Waals surface area contributed by atoms with Crippen molar-refractivity contribution in [1.82, 2.24) is 10.1 Å². The maximum absolute atomic E-state index is 12.7. The quantitative estimate of drug-likeness (QED) is 0.256. The molecule has 0 saturated heterocycles. The molecule has 2 aromatic rings. The molecule has 0 heterocycles. The minimum Gasteiger partial charge on any atom is -0.493 e. The first-order valence-corrected chi connectivity index (χ1v) is 11.3. The number of ether oxygens (including phenoxy) is 2. The summed E-state index contributed by atoms with van der Waals surface area (Å²) in [4.78, 5) is 23.8. The van der Waals surface area contributed by atoms with Crippen LogP contribution < -0.4 is 19.6 Å². The normalized spacial score (nSPS) is 12.6. The fourth-order valence-corrected chi connectivity index (χ4v) is 4.03. The molecule has 10 heteroatoms. The van der Waals surface area contributed by atoms with Crippen molar-refractivity contribution in [3.8, 4) is 11.5 Å². The first-order valence-electron chi connectivity index (χ1n) is 9.82. The Bertz CT molecular complexity index is 1100. The van der Waals surface area contributed by atoms with Gasteiger partial charge in [0.05, 0.1) is 18.2 Å². The largest absolute Gasteiger partial charge is 0.493 e. The highest BCUT2D eigenvalue weighted by atomic mass is 32.2. The molecule has 0 aliphatic carbocycles. The second kappa shape index (κ2) is 10.9. The SMILES string of the molecule is COc1cc(/C=N\NC(=O)[C@H](NS(=O)(=O)c2ccc(C)cc2)C(C)C)ccc1OC(C)=O. The topological polar surface area (TPSA) is 123 Å². The molecule has 0 aliphatic heterocycles. The lowest BCUT2D eigenvalue weighted by molar-refractivity contribution is -0.132. The zero-order valence-electron chi connectivity index (χ0n) is 18.6. The Morgan fingerprint density at radius 2 is 1.72 bits per heavy atom. The number of carbonyl (C=O) groups excluding carboxylic acids is 2. The average Bonchev–Trinajstić information content (AvgIpc) is 2.72. The van der Waals surface area contributed by atoms with Crippen molar-refractivity contribution < 1.29 is 27.5 Å². The van der Waals surface area contributed by atoms with E-state index in [1.165, 1.54) is 38.4 Å². The van der Waals surface area contributed by atoms with Gasteiger partial charge in [-0.25, -0.2) is 13.8 Å². The first kappa shape index (κ1) is 25.0. The minimum atomic E-state index is -3.89. The minimum absolute atomic E-state index is 0.0741. The van der Waals surface area contributed by atoms with Crippen molar-refractivity contribution in [1.29, 1.82) is 0 Å². The molecule has 172 valence electrons. The van der Waals surface area contributed by atoms with E-state index in [1.807, 2.05) is 6.92 Å². The molecule has 9 nitrogen and oxygen atoms in total. The first-order chi connectivity index (χ1) is 15.0. The summed E-state index contributed by atoms with van der Waals surface area (Å²) in [7, 11) is -2.46. The number of aryl methyl sites for hydroxylation is 1. The third-order valence-corrected chi connectivity index (χ3v) is 5.85. The second-order valence-electron chi connectivity index (χ2n) is 7.39. The molecule has 32 heavy (non-hydrogen) atoms. The van der Waals surface area contributed by atoms with E-state index in [9.17, 15) is 18.0 Å². The highest BCUT2D eigenvalue weighted by molar-refractivity contribution is 7.89. The van der Waals surface area contributed by atoms with Crippen LogP contribution in [0.25, 0.3) is 0 Å². The van der Waals surface area contributed by atoms with Crippen molar-refractivity contribution in [3.05, 3.63) is 53.6 Å². The number of sulfonamides is 1. The van der Waals surface area contributed by atoms with Gasteiger partial charge in [-0.15, -0.1) is 0 Å². The summed E-state index contributed by atoms with van der Waals surface area (Å²) in [5, 5.41) is 3.90. The fraction of sp³-hybridized carbons (Fsp3) is 0.318. The van der Waals surface area contributed by atoms with E-state index < -0.39 is 27.9 Å². The van der Waals surface area contributed by atoms with Crippen molar-refractivity contribution in [3.63, 3.8) is 0 Å². The Labute approximate surface area is 187 Å². The van der Waals surface area contributed by atoms with Crippen molar-refractivity contribution >= 4 is 28.1 Å². The van der Waals surface area contributed by atoms with Gasteiger partial charge in [-0.05, 0) is 48.7 Å². The molecule has 2 rings (SSSR count). The number of hydrazone groups is 1. The number of nitrogens with one attached hydrogen (secondary N) is 2. The van der Waals surface area contributed by atoms with Gasteiger partial charge in [-0.3, -0.25) is 9.59 Å². The van der Waals surface area contributed by atoms with Gasteiger partial charge in [-0.2, -0.15) is 9.82 Å². The summed E-state index contributed by atoms with van der Waals surface area (Å²) in [5.41, 5.74) is 3.85. The molecular weight excluding hydrogens is 434 g/mol. The van der Waals surface area contributed by atoms with Crippen LogP contribution in [0.2, 0.25) is 0 Å². The van der Waals surface area contributed by atoms with Gasteiger partial charge in [0.25, 0.3) is 5.91 Å². The predicted molar refractivity (Wildman–Crippen MR) is 120 cm³/mol. The van der Waals surface area contributed by atoms with E-state index in [2.05, 4.69) is 15.2 Å². The summed E-state index contributed by atoms with van der Waals surface area (Å²) in [5.74, 6) is -0.832. The lowest BCUT2D eigenvalue weighted by atomic mass is 10.1. The number of esters is 1. The number of hydrogen-bond acceptors (Lipinski definition) is 7. The molecule has 1 atom stereocenters. The second-order valence-corrected chi connectivity index (χ2v) is 9.11. The van der Waals surface area contributed by atoms with Crippen LogP contribution in [0.4, 0.5) is 0 Å². The van der Waals surface area contributed by atoms with Gasteiger partial charge >= 0.3 is 5.97 Å². The van der Waals surface area contributed by atoms with Gasteiger partial charge in [0, 0.05) is 6.92 Å². The number of carbonyl (C=O) groups is 2. The highest BCUT2D eigenvalue weighted by Crippen LogP contribution is 2.27. The number of methoxy groups -OCH3 is 1. The maximum atomic E-state index is 12.7. The maximum Gasteiger partial charge on any atom is 0.308 e. The van der Waals surface area contributed by atoms with Crippen molar-refractivity contribution in [2.24, 2.45) is 11.0 Å². The third-order valence-electron chi connectivity index (χ3n) is 4.39. The summed E-state index contributed by atoms with van der Waals surface area (Å²) in [6.07, 6.45) is 1.36. The summed E-state index contributed by atoms with van der Waals surface area (Å²) >= 11 is 0. The smallest absolute Gasteiger partial charge is 0.308 e. The number of rotatable bonds is 9. The molecule has 2 N–H and O–H groups in total. The molecule has 2 aromatic carbocycles. The number of amides is 1. The summed E-state index contributed by atoms with van der Waals surface area (Å²) in [6, 6.07) is 10.0. The fourth-order valence-electron chi connectivity index (χ4n) is 2.69. The van der Waals surface area contributed by atoms with Crippen LogP contribution in [-0.4, -0.2) is 39.7 Å². The Kier molecular flexibility index (Phi) is 8.50. The number of hydrogen-bond donors (Lipinski definition) is 2. The Morgan fingerprint density at radius 1 is 1.06 bits per heavy atom. The molecular formula is C22H27N3O6S. The van der Waals surface area contributed by atoms with Gasteiger partial charge in [-0.1, -0.05) is 31.5 Å². The van der Waals surface area contributed by atoms with E-state index >= 15 is 0 Å². The molecule has 0 spiro atoms. The molecule has 1 amide bonds. The van der Waals surface area contributed by atoms with Gasteiger partial charge in [0.2, 0.25) is 10.0 Å². The zero-order valence-corrected chi connectivity index (χ0v) is 19.4. The summed E-state index contributed by atoms with van der Waals surface area (Å²) < 4.78 is 38.0. The molecule has 0 saturated carbocycles. The van der Waals surface area contributed by atoms with Crippen molar-refractivity contribution in [2.45, 2.75) is 38.6 Å². The van der Waals surface area contributed by atoms with E-state index in [0.717, 1.165) is 5.56 Å².